The fraction of sp³-hybridized carbons (Fsp3) is 0.636. The predicted octanol–water partition coefficient (Wildman–Crippen LogP) is 6.94. The number of hydrogen-bond donors (Lipinski definition) is 0. The Labute approximate surface area is 149 Å². The van der Waals surface area contributed by atoms with E-state index in [0.717, 1.165) is 17.9 Å². The van der Waals surface area contributed by atoms with Crippen molar-refractivity contribution in [1.82, 2.24) is 0 Å². The first kappa shape index (κ1) is 20.6. The Bertz CT molecular complexity index is 428. The molecule has 1 unspecified atom stereocenters. The van der Waals surface area contributed by atoms with Gasteiger partial charge in [-0.05, 0) is 25.0 Å². The van der Waals surface area contributed by atoms with Crippen LogP contribution in [0.3, 0.4) is 0 Å². The molecule has 0 saturated heterocycles. The van der Waals surface area contributed by atoms with E-state index >= 15 is 0 Å². The Hall–Kier alpha value is -1.44. The van der Waals surface area contributed by atoms with Gasteiger partial charge in [-0.3, -0.25) is 0 Å². The third kappa shape index (κ3) is 9.00. The molecule has 0 aliphatic rings. The molecule has 24 heavy (non-hydrogen) atoms. The van der Waals surface area contributed by atoms with Gasteiger partial charge in [-0.25, -0.2) is 0 Å². The molecule has 1 aromatic rings. The van der Waals surface area contributed by atoms with Gasteiger partial charge < -0.3 is 9.47 Å². The van der Waals surface area contributed by atoms with Gasteiger partial charge in [0.1, 0.15) is 6.10 Å². The highest BCUT2D eigenvalue weighted by atomic mass is 16.5. The van der Waals surface area contributed by atoms with E-state index in [4.69, 9.17) is 9.47 Å². The molecular weight excluding hydrogens is 296 g/mol. The molecule has 2 nitrogen and oxygen atoms in total. The summed E-state index contributed by atoms with van der Waals surface area (Å²) in [6.45, 7) is 6.18. The van der Waals surface area contributed by atoms with E-state index in [-0.39, 0.29) is 6.10 Å². The van der Waals surface area contributed by atoms with Crippen molar-refractivity contribution < 1.29 is 9.47 Å². The molecule has 0 radical (unpaired) electrons. The average molecular weight is 333 g/mol. The predicted molar refractivity (Wildman–Crippen MR) is 104 cm³/mol. The van der Waals surface area contributed by atoms with Crippen LogP contribution in [-0.2, 0) is 0 Å². The van der Waals surface area contributed by atoms with E-state index in [9.17, 15) is 0 Å². The zero-order valence-electron chi connectivity index (χ0n) is 15.8. The number of rotatable bonds is 15. The highest BCUT2D eigenvalue weighted by Crippen LogP contribution is 2.28. The smallest absolute Gasteiger partial charge is 0.162 e. The summed E-state index contributed by atoms with van der Waals surface area (Å²) in [5.74, 6) is 1.59. The molecule has 0 aliphatic heterocycles. The summed E-state index contributed by atoms with van der Waals surface area (Å²) in [6.07, 6.45) is 16.6. The fourth-order valence-corrected chi connectivity index (χ4v) is 2.94. The number of benzene rings is 1. The average Bonchev–Trinajstić information content (AvgIpc) is 2.62. The number of ether oxygens (including phenoxy) is 2. The lowest BCUT2D eigenvalue weighted by Crippen LogP contribution is -2.13. The lowest BCUT2D eigenvalue weighted by Gasteiger charge is -2.17. The first-order valence-electron chi connectivity index (χ1n) is 9.74. The summed E-state index contributed by atoms with van der Waals surface area (Å²) in [4.78, 5) is 0. The van der Waals surface area contributed by atoms with Crippen LogP contribution in [0.1, 0.15) is 77.6 Å². The van der Waals surface area contributed by atoms with Crippen LogP contribution in [0.2, 0.25) is 0 Å². The normalized spacial score (nSPS) is 11.9. The molecule has 0 fully saturated rings. The molecule has 2 heteroatoms. The quantitative estimate of drug-likeness (QED) is 0.256. The Balaban J connectivity index is 2.11. The monoisotopic (exact) mass is 332 g/mol. The minimum absolute atomic E-state index is 0.0651. The molecule has 0 aromatic heterocycles. The number of methoxy groups -OCH3 is 1. The molecule has 136 valence electrons. The summed E-state index contributed by atoms with van der Waals surface area (Å²) < 4.78 is 11.4. The maximum atomic E-state index is 6.03. The SMILES string of the molecule is C=CC(CCCCCCCCCCCC)Oc1ccccc1OC. The highest BCUT2D eigenvalue weighted by Gasteiger charge is 2.09. The Kier molecular flexibility index (Phi) is 12.0. The van der Waals surface area contributed by atoms with Gasteiger partial charge in [0.25, 0.3) is 0 Å². The molecule has 0 amide bonds. The lowest BCUT2D eigenvalue weighted by molar-refractivity contribution is 0.223. The van der Waals surface area contributed by atoms with Gasteiger partial charge in [-0.2, -0.15) is 0 Å². The van der Waals surface area contributed by atoms with Gasteiger partial charge in [-0.15, -0.1) is 0 Å². The van der Waals surface area contributed by atoms with Crippen LogP contribution in [0.5, 0.6) is 11.5 Å². The van der Waals surface area contributed by atoms with Gasteiger partial charge in [0.2, 0.25) is 0 Å². The van der Waals surface area contributed by atoms with E-state index in [1.54, 1.807) is 7.11 Å². The summed E-state index contributed by atoms with van der Waals surface area (Å²) in [6, 6.07) is 7.80. The Morgan fingerprint density at radius 2 is 1.42 bits per heavy atom. The van der Waals surface area contributed by atoms with Crippen LogP contribution in [0.15, 0.2) is 36.9 Å². The second-order valence-corrected chi connectivity index (χ2v) is 6.51. The van der Waals surface area contributed by atoms with Crippen molar-refractivity contribution in [1.29, 1.82) is 0 Å². The van der Waals surface area contributed by atoms with Crippen molar-refractivity contribution in [3.8, 4) is 11.5 Å². The summed E-state index contributed by atoms with van der Waals surface area (Å²) in [5.41, 5.74) is 0. The minimum Gasteiger partial charge on any atom is -0.493 e. The third-order valence-corrected chi connectivity index (χ3v) is 4.45. The number of unbranched alkanes of at least 4 members (excludes halogenated alkanes) is 9. The van der Waals surface area contributed by atoms with E-state index in [2.05, 4.69) is 13.5 Å². The second kappa shape index (κ2) is 13.9. The van der Waals surface area contributed by atoms with Crippen LogP contribution in [-0.4, -0.2) is 13.2 Å². The zero-order valence-corrected chi connectivity index (χ0v) is 15.8. The summed E-state index contributed by atoms with van der Waals surface area (Å²) in [7, 11) is 1.67. The molecule has 0 bridgehead atoms. The number of para-hydroxylation sites is 2. The van der Waals surface area contributed by atoms with Crippen molar-refractivity contribution >= 4 is 0 Å². The molecule has 0 spiro atoms. The van der Waals surface area contributed by atoms with E-state index in [1.165, 1.54) is 64.2 Å². The zero-order chi connectivity index (χ0) is 17.5. The van der Waals surface area contributed by atoms with Crippen LogP contribution in [0.4, 0.5) is 0 Å². The summed E-state index contributed by atoms with van der Waals surface area (Å²) >= 11 is 0. The van der Waals surface area contributed by atoms with Crippen LogP contribution in [0.25, 0.3) is 0 Å². The molecular formula is C22H36O2. The maximum Gasteiger partial charge on any atom is 0.162 e. The third-order valence-electron chi connectivity index (χ3n) is 4.45. The molecule has 0 heterocycles. The van der Waals surface area contributed by atoms with Crippen LogP contribution >= 0.6 is 0 Å². The maximum absolute atomic E-state index is 6.03. The molecule has 0 N–H and O–H groups in total. The van der Waals surface area contributed by atoms with Crippen LogP contribution < -0.4 is 9.47 Å². The van der Waals surface area contributed by atoms with E-state index < -0.39 is 0 Å². The fourth-order valence-electron chi connectivity index (χ4n) is 2.94. The van der Waals surface area contributed by atoms with E-state index in [1.807, 2.05) is 30.3 Å². The number of hydrogen-bond acceptors (Lipinski definition) is 2. The van der Waals surface area contributed by atoms with Gasteiger partial charge in [0.15, 0.2) is 11.5 Å². The van der Waals surface area contributed by atoms with Crippen molar-refractivity contribution in [2.24, 2.45) is 0 Å². The van der Waals surface area contributed by atoms with Crippen molar-refractivity contribution in [2.75, 3.05) is 7.11 Å². The van der Waals surface area contributed by atoms with Crippen molar-refractivity contribution in [3.05, 3.63) is 36.9 Å². The first-order chi connectivity index (χ1) is 11.8. The first-order valence-corrected chi connectivity index (χ1v) is 9.74. The van der Waals surface area contributed by atoms with Gasteiger partial charge >= 0.3 is 0 Å². The molecule has 1 aromatic carbocycles. The van der Waals surface area contributed by atoms with Crippen LogP contribution in [0, 0.1) is 0 Å². The Morgan fingerprint density at radius 1 is 0.875 bits per heavy atom. The topological polar surface area (TPSA) is 18.5 Å². The summed E-state index contributed by atoms with van der Waals surface area (Å²) in [5, 5.41) is 0. The minimum atomic E-state index is 0.0651. The Morgan fingerprint density at radius 3 is 1.96 bits per heavy atom. The highest BCUT2D eigenvalue weighted by molar-refractivity contribution is 5.39. The molecule has 0 aliphatic carbocycles. The van der Waals surface area contributed by atoms with Gasteiger partial charge in [0.05, 0.1) is 7.11 Å². The lowest BCUT2D eigenvalue weighted by atomic mass is 10.0. The van der Waals surface area contributed by atoms with Gasteiger partial charge in [0, 0.05) is 0 Å². The molecule has 1 atom stereocenters. The standard InChI is InChI=1S/C22H36O2/c1-4-6-7-8-9-10-11-12-13-14-17-20(5-2)24-22-19-16-15-18-21(22)23-3/h5,15-16,18-20H,2,4,6-14,17H2,1,3H3. The largest absolute Gasteiger partial charge is 0.493 e. The van der Waals surface area contributed by atoms with Crippen molar-refractivity contribution in [3.63, 3.8) is 0 Å². The van der Waals surface area contributed by atoms with Crippen molar-refractivity contribution in [2.45, 2.75) is 83.7 Å². The van der Waals surface area contributed by atoms with Gasteiger partial charge in [-0.1, -0.05) is 89.5 Å². The second-order valence-electron chi connectivity index (χ2n) is 6.51. The molecule has 1 rings (SSSR count). The van der Waals surface area contributed by atoms with E-state index in [0.29, 0.717) is 0 Å². The molecule has 0 saturated carbocycles.